The van der Waals surface area contributed by atoms with Gasteiger partial charge in [-0.15, -0.1) is 13.2 Å². The van der Waals surface area contributed by atoms with E-state index in [1.165, 1.54) is 12.1 Å². The van der Waals surface area contributed by atoms with Gasteiger partial charge in [-0.2, -0.15) is 5.26 Å². The van der Waals surface area contributed by atoms with Crippen LogP contribution in [-0.2, 0) is 4.79 Å². The van der Waals surface area contributed by atoms with Gasteiger partial charge < -0.3 is 15.2 Å². The minimum Gasteiger partial charge on any atom is -0.406 e. The SMILES string of the molecule is CC(C)(C)C(O)CC(=O)NC(CCC#N)c1cccc(OC(F)(F)F)c1. The van der Waals surface area contributed by atoms with Crippen molar-refractivity contribution >= 4 is 5.91 Å². The van der Waals surface area contributed by atoms with E-state index in [-0.39, 0.29) is 19.3 Å². The number of hydrogen-bond donors (Lipinski definition) is 2. The molecule has 0 aliphatic rings. The van der Waals surface area contributed by atoms with Crippen molar-refractivity contribution in [3.8, 4) is 11.8 Å². The summed E-state index contributed by atoms with van der Waals surface area (Å²) in [6.45, 7) is 5.36. The van der Waals surface area contributed by atoms with E-state index >= 15 is 0 Å². The third-order valence-electron chi connectivity index (χ3n) is 3.75. The summed E-state index contributed by atoms with van der Waals surface area (Å²) in [5, 5.41) is 21.5. The Labute approximate surface area is 150 Å². The molecule has 1 rings (SSSR count). The van der Waals surface area contributed by atoms with Crippen molar-refractivity contribution in [1.82, 2.24) is 5.32 Å². The van der Waals surface area contributed by atoms with Crippen LogP contribution in [0.15, 0.2) is 24.3 Å². The molecule has 2 unspecified atom stereocenters. The lowest BCUT2D eigenvalue weighted by Crippen LogP contribution is -2.35. The van der Waals surface area contributed by atoms with Crippen LogP contribution in [0.3, 0.4) is 0 Å². The van der Waals surface area contributed by atoms with Crippen molar-refractivity contribution in [3.63, 3.8) is 0 Å². The summed E-state index contributed by atoms with van der Waals surface area (Å²) in [7, 11) is 0. The first-order valence-corrected chi connectivity index (χ1v) is 8.12. The van der Waals surface area contributed by atoms with E-state index in [1.54, 1.807) is 26.8 Å². The summed E-state index contributed by atoms with van der Waals surface area (Å²) in [5.41, 5.74) is -0.0967. The summed E-state index contributed by atoms with van der Waals surface area (Å²) in [4.78, 5) is 12.2. The first kappa shape index (κ1) is 21.8. The number of carbonyl (C=O) groups excluding carboxylic acids is 1. The van der Waals surface area contributed by atoms with E-state index in [9.17, 15) is 23.1 Å². The van der Waals surface area contributed by atoms with Crippen molar-refractivity contribution in [2.45, 2.75) is 58.5 Å². The zero-order chi connectivity index (χ0) is 20.0. The largest absolute Gasteiger partial charge is 0.573 e. The van der Waals surface area contributed by atoms with E-state index in [1.807, 2.05) is 6.07 Å². The molecule has 0 heterocycles. The maximum atomic E-state index is 12.4. The molecule has 0 saturated heterocycles. The fourth-order valence-electron chi connectivity index (χ4n) is 2.19. The van der Waals surface area contributed by atoms with Crippen LogP contribution in [0.1, 0.15) is 51.6 Å². The van der Waals surface area contributed by atoms with Crippen LogP contribution in [0.2, 0.25) is 0 Å². The molecule has 5 nitrogen and oxygen atoms in total. The molecule has 2 atom stereocenters. The number of nitrogens with one attached hydrogen (secondary N) is 1. The van der Waals surface area contributed by atoms with E-state index in [2.05, 4.69) is 10.1 Å². The predicted octanol–water partition coefficient (Wildman–Crippen LogP) is 3.84. The highest BCUT2D eigenvalue weighted by atomic mass is 19.4. The molecule has 0 aliphatic carbocycles. The summed E-state index contributed by atoms with van der Waals surface area (Å²) in [5.74, 6) is -0.849. The van der Waals surface area contributed by atoms with Crippen molar-refractivity contribution in [2.24, 2.45) is 5.41 Å². The summed E-state index contributed by atoms with van der Waals surface area (Å²) < 4.78 is 41.0. The van der Waals surface area contributed by atoms with Gasteiger partial charge in [0.05, 0.1) is 24.6 Å². The number of nitriles is 1. The molecule has 0 saturated carbocycles. The molecule has 2 N–H and O–H groups in total. The maximum absolute atomic E-state index is 12.4. The van der Waals surface area contributed by atoms with Gasteiger partial charge in [-0.1, -0.05) is 32.9 Å². The zero-order valence-electron chi connectivity index (χ0n) is 14.9. The molecule has 1 amide bonds. The Morgan fingerprint density at radius 2 is 2.00 bits per heavy atom. The van der Waals surface area contributed by atoms with E-state index in [0.29, 0.717) is 5.56 Å². The second-order valence-electron chi connectivity index (χ2n) is 7.02. The fraction of sp³-hybridized carbons (Fsp3) is 0.556. The average Bonchev–Trinajstić information content (AvgIpc) is 2.49. The predicted molar refractivity (Wildman–Crippen MR) is 88.9 cm³/mol. The lowest BCUT2D eigenvalue weighted by molar-refractivity contribution is -0.274. The number of rotatable bonds is 7. The second-order valence-corrected chi connectivity index (χ2v) is 7.02. The number of halogens is 3. The molecule has 1 aromatic rings. The van der Waals surface area contributed by atoms with Crippen LogP contribution in [-0.4, -0.2) is 23.5 Å². The zero-order valence-corrected chi connectivity index (χ0v) is 14.9. The highest BCUT2D eigenvalue weighted by Crippen LogP contribution is 2.28. The molecule has 0 bridgehead atoms. The number of alkyl halides is 3. The van der Waals surface area contributed by atoms with Gasteiger partial charge in [0.15, 0.2) is 0 Å². The number of carbonyl (C=O) groups is 1. The van der Waals surface area contributed by atoms with Gasteiger partial charge in [0.25, 0.3) is 0 Å². The highest BCUT2D eigenvalue weighted by molar-refractivity contribution is 5.77. The molecule has 0 fully saturated rings. The van der Waals surface area contributed by atoms with Crippen LogP contribution < -0.4 is 10.1 Å². The quantitative estimate of drug-likeness (QED) is 0.762. The summed E-state index contributed by atoms with van der Waals surface area (Å²) >= 11 is 0. The molecule has 8 heteroatoms. The number of benzene rings is 1. The van der Waals surface area contributed by atoms with Gasteiger partial charge >= 0.3 is 6.36 Å². The Balaban J connectivity index is 2.91. The Morgan fingerprint density at radius 3 is 2.54 bits per heavy atom. The standard InChI is InChI=1S/C18H23F3N2O3/c1-17(2,3)15(24)11-16(25)23-14(8-5-9-22)12-6-4-7-13(10-12)26-18(19,20)21/h4,6-7,10,14-15,24H,5,8,11H2,1-3H3,(H,23,25). The monoisotopic (exact) mass is 372 g/mol. The molecule has 144 valence electrons. The van der Waals surface area contributed by atoms with Crippen LogP contribution in [0.25, 0.3) is 0 Å². The van der Waals surface area contributed by atoms with Gasteiger partial charge in [-0.05, 0) is 29.5 Å². The molecule has 26 heavy (non-hydrogen) atoms. The highest BCUT2D eigenvalue weighted by Gasteiger charge is 2.31. The smallest absolute Gasteiger partial charge is 0.406 e. The molecule has 1 aromatic carbocycles. The number of amides is 1. The number of hydrogen-bond acceptors (Lipinski definition) is 4. The number of aliphatic hydroxyl groups excluding tert-OH is 1. The fourth-order valence-corrected chi connectivity index (χ4v) is 2.19. The third kappa shape index (κ3) is 7.74. The molecule has 0 aromatic heterocycles. The van der Waals surface area contributed by atoms with Gasteiger partial charge in [-0.25, -0.2) is 0 Å². The normalized spacial score (nSPS) is 14.2. The van der Waals surface area contributed by atoms with Crippen molar-refractivity contribution in [1.29, 1.82) is 5.26 Å². The second kappa shape index (κ2) is 8.90. The molecule has 0 spiro atoms. The number of nitrogens with zero attached hydrogens (tertiary/aromatic N) is 1. The Hall–Kier alpha value is -2.27. The van der Waals surface area contributed by atoms with Crippen LogP contribution in [0.4, 0.5) is 13.2 Å². The van der Waals surface area contributed by atoms with E-state index < -0.39 is 35.6 Å². The minimum atomic E-state index is -4.82. The first-order chi connectivity index (χ1) is 11.9. The van der Waals surface area contributed by atoms with Crippen molar-refractivity contribution in [3.05, 3.63) is 29.8 Å². The van der Waals surface area contributed by atoms with Gasteiger partial charge in [0, 0.05) is 6.42 Å². The molecular weight excluding hydrogens is 349 g/mol. The topological polar surface area (TPSA) is 82.4 Å². The van der Waals surface area contributed by atoms with Crippen LogP contribution >= 0.6 is 0 Å². The molecular formula is C18H23F3N2O3. The minimum absolute atomic E-state index is 0.108. The molecule has 0 radical (unpaired) electrons. The lowest BCUT2D eigenvalue weighted by atomic mass is 9.87. The lowest BCUT2D eigenvalue weighted by Gasteiger charge is -2.26. The Kier molecular flexibility index (Phi) is 7.45. The first-order valence-electron chi connectivity index (χ1n) is 8.12. The maximum Gasteiger partial charge on any atom is 0.573 e. The summed E-state index contributed by atoms with van der Waals surface area (Å²) in [6, 6.07) is 6.55. The third-order valence-corrected chi connectivity index (χ3v) is 3.75. The van der Waals surface area contributed by atoms with Gasteiger partial charge in [0.1, 0.15) is 5.75 Å². The van der Waals surface area contributed by atoms with Crippen LogP contribution in [0, 0.1) is 16.7 Å². The number of aliphatic hydroxyl groups is 1. The van der Waals surface area contributed by atoms with Gasteiger partial charge in [-0.3, -0.25) is 4.79 Å². The van der Waals surface area contributed by atoms with Crippen molar-refractivity contribution in [2.75, 3.05) is 0 Å². The van der Waals surface area contributed by atoms with E-state index in [4.69, 9.17) is 5.26 Å². The van der Waals surface area contributed by atoms with E-state index in [0.717, 1.165) is 6.07 Å². The molecule has 0 aliphatic heterocycles. The average molecular weight is 372 g/mol. The van der Waals surface area contributed by atoms with Crippen molar-refractivity contribution < 1.29 is 27.8 Å². The number of ether oxygens (including phenoxy) is 1. The Bertz CT molecular complexity index is 648. The van der Waals surface area contributed by atoms with Crippen LogP contribution in [0.5, 0.6) is 5.75 Å². The summed E-state index contributed by atoms with van der Waals surface area (Å²) in [6.07, 6.45) is -5.51. The Morgan fingerprint density at radius 1 is 1.35 bits per heavy atom. The van der Waals surface area contributed by atoms with Gasteiger partial charge in [0.2, 0.25) is 5.91 Å².